The van der Waals surface area contributed by atoms with Crippen LogP contribution in [0.4, 0.5) is 0 Å². The molecule has 2 fully saturated rings. The minimum atomic E-state index is -0.240. The molecule has 1 heterocycles. The van der Waals surface area contributed by atoms with Gasteiger partial charge in [-0.3, -0.25) is 5.10 Å². The van der Waals surface area contributed by atoms with Crippen LogP contribution in [0.3, 0.4) is 0 Å². The first-order valence-electron chi connectivity index (χ1n) is 9.91. The van der Waals surface area contributed by atoms with Gasteiger partial charge in [0.2, 0.25) is 0 Å². The molecule has 1 aromatic heterocycles. The molecular weight excluding hydrogens is 300 g/mol. The Bertz CT molecular complexity index is 623. The van der Waals surface area contributed by atoms with Gasteiger partial charge in [-0.25, -0.2) is 4.79 Å². The number of ether oxygens (including phenoxy) is 1. The highest BCUT2D eigenvalue weighted by Gasteiger charge is 2.51. The van der Waals surface area contributed by atoms with E-state index in [1.54, 1.807) is 0 Å². The number of nitrogens with one attached hydrogen (secondary N) is 1. The van der Waals surface area contributed by atoms with Gasteiger partial charge in [0.1, 0.15) is 0 Å². The Hall–Kier alpha value is -1.32. The zero-order chi connectivity index (χ0) is 16.7. The van der Waals surface area contributed by atoms with Crippen molar-refractivity contribution in [2.24, 2.45) is 11.3 Å². The average molecular weight is 330 g/mol. The van der Waals surface area contributed by atoms with Crippen LogP contribution in [0.5, 0.6) is 0 Å². The molecule has 4 heteroatoms. The van der Waals surface area contributed by atoms with E-state index in [9.17, 15) is 4.79 Å². The maximum atomic E-state index is 12.4. The van der Waals surface area contributed by atoms with Crippen LogP contribution in [-0.4, -0.2) is 22.8 Å². The highest BCUT2D eigenvalue weighted by atomic mass is 16.5. The van der Waals surface area contributed by atoms with Crippen LogP contribution in [0, 0.1) is 11.3 Å². The van der Waals surface area contributed by atoms with Gasteiger partial charge < -0.3 is 4.74 Å². The quantitative estimate of drug-likeness (QED) is 0.594. The molecule has 4 unspecified atom stereocenters. The summed E-state index contributed by atoms with van der Waals surface area (Å²) in [6, 6.07) is 0. The van der Waals surface area contributed by atoms with Gasteiger partial charge in [0.15, 0.2) is 5.69 Å². The van der Waals surface area contributed by atoms with Crippen molar-refractivity contribution in [1.29, 1.82) is 0 Å². The number of esters is 1. The van der Waals surface area contributed by atoms with E-state index in [-0.39, 0.29) is 5.97 Å². The van der Waals surface area contributed by atoms with E-state index in [0.29, 0.717) is 29.6 Å². The molecule has 4 aliphatic rings. The molecule has 2 saturated carbocycles. The molecule has 1 N–H and O–H groups in total. The average Bonchev–Trinajstić information content (AvgIpc) is 2.93. The Morgan fingerprint density at radius 3 is 2.79 bits per heavy atom. The second kappa shape index (κ2) is 6.20. The monoisotopic (exact) mass is 330 g/mol. The zero-order valence-electron chi connectivity index (χ0n) is 15.1. The first-order chi connectivity index (χ1) is 11.7. The molecule has 4 nitrogen and oxygen atoms in total. The van der Waals surface area contributed by atoms with Gasteiger partial charge in [-0.2, -0.15) is 5.10 Å². The molecule has 4 atom stereocenters. The summed E-state index contributed by atoms with van der Waals surface area (Å²) in [7, 11) is 0. The number of carbonyl (C=O) groups is 1. The molecule has 1 aromatic rings. The number of unbranched alkanes of at least 4 members (excludes halogenated alkanes) is 2. The summed E-state index contributed by atoms with van der Waals surface area (Å²) in [6.07, 6.45) is 11.9. The molecule has 5 rings (SSSR count). The van der Waals surface area contributed by atoms with E-state index in [0.717, 1.165) is 5.92 Å². The van der Waals surface area contributed by atoms with E-state index in [1.165, 1.54) is 69.0 Å². The third-order valence-electron chi connectivity index (χ3n) is 6.75. The molecule has 4 aliphatic carbocycles. The third-order valence-corrected chi connectivity index (χ3v) is 6.75. The fourth-order valence-corrected chi connectivity index (χ4v) is 6.08. The van der Waals surface area contributed by atoms with Crippen molar-refractivity contribution in [3.05, 3.63) is 17.0 Å². The number of H-pyrrole nitrogens is 1. The topological polar surface area (TPSA) is 55.0 Å². The largest absolute Gasteiger partial charge is 0.461 e. The Labute approximate surface area is 144 Å². The Balaban J connectivity index is 1.65. The van der Waals surface area contributed by atoms with Crippen LogP contribution < -0.4 is 0 Å². The van der Waals surface area contributed by atoms with E-state index >= 15 is 0 Å². The standard InChI is InChI=1S/C20H30N2O2/c1-3-5-6-7-20-10-13-8-14(11-20)16-17(15(9-13)12-20)21-22-18(16)19(23)24-4-2/h13-15H,3-12H2,1-2H3,(H,21,22). The Morgan fingerprint density at radius 2 is 2.00 bits per heavy atom. The van der Waals surface area contributed by atoms with Gasteiger partial charge in [0.25, 0.3) is 0 Å². The summed E-state index contributed by atoms with van der Waals surface area (Å²) in [6.45, 7) is 4.56. The summed E-state index contributed by atoms with van der Waals surface area (Å²) >= 11 is 0. The lowest BCUT2D eigenvalue weighted by atomic mass is 9.56. The van der Waals surface area contributed by atoms with Crippen LogP contribution in [-0.2, 0) is 4.74 Å². The number of hydrogen-bond donors (Lipinski definition) is 1. The number of nitrogens with zero attached hydrogens (tertiary/aromatic N) is 1. The van der Waals surface area contributed by atoms with E-state index in [1.807, 2.05) is 6.92 Å². The summed E-state index contributed by atoms with van der Waals surface area (Å²) in [5.41, 5.74) is 3.58. The van der Waals surface area contributed by atoms with Gasteiger partial charge >= 0.3 is 5.97 Å². The van der Waals surface area contributed by atoms with Crippen molar-refractivity contribution in [2.45, 2.75) is 83.5 Å². The molecule has 0 radical (unpaired) electrons. The van der Waals surface area contributed by atoms with Gasteiger partial charge in [-0.05, 0) is 62.7 Å². The van der Waals surface area contributed by atoms with Crippen LogP contribution in [0.2, 0.25) is 0 Å². The lowest BCUT2D eigenvalue weighted by Crippen LogP contribution is -2.36. The van der Waals surface area contributed by atoms with Gasteiger partial charge in [-0.1, -0.05) is 26.2 Å². The minimum absolute atomic E-state index is 0.240. The van der Waals surface area contributed by atoms with E-state index in [4.69, 9.17) is 4.74 Å². The van der Waals surface area contributed by atoms with Crippen LogP contribution in [0.1, 0.15) is 105 Å². The zero-order valence-corrected chi connectivity index (χ0v) is 15.1. The lowest BCUT2D eigenvalue weighted by molar-refractivity contribution is 0.0451. The van der Waals surface area contributed by atoms with E-state index < -0.39 is 0 Å². The maximum absolute atomic E-state index is 12.4. The predicted octanol–water partition coefficient (Wildman–Crippen LogP) is 4.93. The SMILES string of the molecule is CCCCCC12CC3CC(C1)c1[nH]nc(C(=O)OCC)c1C(C3)C2. The summed E-state index contributed by atoms with van der Waals surface area (Å²) in [5, 5.41) is 7.63. The van der Waals surface area contributed by atoms with Crippen molar-refractivity contribution in [3.8, 4) is 0 Å². The fraction of sp³-hybridized carbons (Fsp3) is 0.800. The molecule has 0 amide bonds. The lowest BCUT2D eigenvalue weighted by Gasteiger charge is -2.48. The summed E-state index contributed by atoms with van der Waals surface area (Å²) < 4.78 is 5.26. The number of hydrogen-bond acceptors (Lipinski definition) is 3. The molecule has 0 saturated heterocycles. The molecule has 4 bridgehead atoms. The first kappa shape index (κ1) is 16.2. The fourth-order valence-electron chi connectivity index (χ4n) is 6.08. The van der Waals surface area contributed by atoms with Crippen LogP contribution >= 0.6 is 0 Å². The smallest absolute Gasteiger partial charge is 0.359 e. The minimum Gasteiger partial charge on any atom is -0.461 e. The van der Waals surface area contributed by atoms with Crippen LogP contribution in [0.15, 0.2) is 0 Å². The second-order valence-electron chi connectivity index (χ2n) is 8.42. The molecule has 0 aromatic carbocycles. The van der Waals surface area contributed by atoms with Crippen molar-refractivity contribution in [1.82, 2.24) is 10.2 Å². The number of carbonyl (C=O) groups excluding carboxylic acids is 1. The highest BCUT2D eigenvalue weighted by Crippen LogP contribution is 2.63. The number of aromatic amines is 1. The molecule has 24 heavy (non-hydrogen) atoms. The summed E-state index contributed by atoms with van der Waals surface area (Å²) in [4.78, 5) is 12.4. The maximum Gasteiger partial charge on any atom is 0.359 e. The second-order valence-corrected chi connectivity index (χ2v) is 8.42. The Kier molecular flexibility index (Phi) is 4.17. The molecular formula is C20H30N2O2. The van der Waals surface area contributed by atoms with Crippen molar-refractivity contribution >= 4 is 5.97 Å². The van der Waals surface area contributed by atoms with E-state index in [2.05, 4.69) is 17.1 Å². The normalized spacial score (nSPS) is 33.3. The number of rotatable bonds is 6. The van der Waals surface area contributed by atoms with Crippen LogP contribution in [0.25, 0.3) is 0 Å². The van der Waals surface area contributed by atoms with Crippen molar-refractivity contribution in [2.75, 3.05) is 6.61 Å². The predicted molar refractivity (Wildman–Crippen MR) is 93.2 cm³/mol. The van der Waals surface area contributed by atoms with Gasteiger partial charge in [0.05, 0.1) is 6.61 Å². The summed E-state index contributed by atoms with van der Waals surface area (Å²) in [5.74, 6) is 1.67. The van der Waals surface area contributed by atoms with Crippen molar-refractivity contribution < 1.29 is 9.53 Å². The molecule has 0 aliphatic heterocycles. The third kappa shape index (κ3) is 2.58. The molecule has 0 spiro atoms. The van der Waals surface area contributed by atoms with Gasteiger partial charge in [0, 0.05) is 17.2 Å². The van der Waals surface area contributed by atoms with Crippen molar-refractivity contribution in [3.63, 3.8) is 0 Å². The highest BCUT2D eigenvalue weighted by molar-refractivity contribution is 5.89. The Morgan fingerprint density at radius 1 is 1.21 bits per heavy atom. The number of aromatic nitrogens is 2. The molecule has 132 valence electrons. The first-order valence-corrected chi connectivity index (χ1v) is 9.91. The van der Waals surface area contributed by atoms with Gasteiger partial charge in [-0.15, -0.1) is 0 Å².